The number of halogens is 1. The third-order valence-electron chi connectivity index (χ3n) is 1.22. The maximum Gasteiger partial charge on any atom is 0.294 e. The average molecular weight is 278 g/mol. The van der Waals surface area contributed by atoms with E-state index in [2.05, 4.69) is 30.9 Å². The van der Waals surface area contributed by atoms with Crippen LogP contribution in [0.2, 0.25) is 0 Å². The summed E-state index contributed by atoms with van der Waals surface area (Å²) in [4.78, 5) is 19.1. The Kier molecular flexibility index (Phi) is 3.42. The molecule has 8 heteroatoms. The Bertz CT molecular complexity index is 389. The second-order valence-electron chi connectivity index (χ2n) is 2.13. The Balaban J connectivity index is 3.18. The highest BCUT2D eigenvalue weighted by molar-refractivity contribution is 9.11. The first kappa shape index (κ1) is 10.9. The number of nitrogens with zero attached hydrogens (tertiary/aromatic N) is 2. The molecular formula is C6H6BrN4O2S. The molecule has 0 aliphatic rings. The molecule has 14 heavy (non-hydrogen) atoms. The number of carbonyl (C=O) groups is 1. The largest absolute Gasteiger partial charge is 0.398 e. The average Bonchev–Trinajstić information content (AvgIpc) is 2.40. The Hall–Kier alpha value is -1.15. The van der Waals surface area contributed by atoms with Crippen LogP contribution in [0.4, 0.5) is 5.13 Å². The smallest absolute Gasteiger partial charge is 0.294 e. The van der Waals surface area contributed by atoms with Crippen molar-refractivity contribution in [2.75, 3.05) is 12.8 Å². The van der Waals surface area contributed by atoms with Gasteiger partial charge in [-0.05, 0) is 15.9 Å². The van der Waals surface area contributed by atoms with E-state index in [1.54, 1.807) is 0 Å². The Labute approximate surface area is 92.1 Å². The van der Waals surface area contributed by atoms with Gasteiger partial charge in [0.1, 0.15) is 16.6 Å². The number of hydrogen-bond acceptors (Lipinski definition) is 6. The fourth-order valence-corrected chi connectivity index (χ4v) is 2.08. The van der Waals surface area contributed by atoms with Crippen molar-refractivity contribution in [1.82, 2.24) is 10.7 Å². The second kappa shape index (κ2) is 4.38. The first-order valence-electron chi connectivity index (χ1n) is 3.35. The number of rotatable bonds is 3. The van der Waals surface area contributed by atoms with Crippen LogP contribution in [-0.2, 0) is 9.63 Å². The van der Waals surface area contributed by atoms with Gasteiger partial charge in [-0.2, -0.15) is 0 Å². The highest BCUT2D eigenvalue weighted by atomic mass is 79.9. The van der Waals surface area contributed by atoms with Crippen molar-refractivity contribution < 1.29 is 9.63 Å². The molecule has 0 fully saturated rings. The predicted octanol–water partition coefficient (Wildman–Crippen LogP) is 0.648. The number of amides is 1. The molecule has 6 nitrogen and oxygen atoms in total. The summed E-state index contributed by atoms with van der Waals surface area (Å²) in [6.07, 6.45) is 0. The molecule has 1 radical (unpaired) electrons. The van der Waals surface area contributed by atoms with Gasteiger partial charge in [0.2, 0.25) is 0 Å². The van der Waals surface area contributed by atoms with Crippen LogP contribution in [0.5, 0.6) is 0 Å². The SMILES string of the molecule is CO/N=C(/C([NH])=O)c1nc(N)sc1Br. The zero-order valence-electron chi connectivity index (χ0n) is 7.07. The number of oxime groups is 1. The van der Waals surface area contributed by atoms with E-state index >= 15 is 0 Å². The van der Waals surface area contributed by atoms with E-state index in [-0.39, 0.29) is 16.5 Å². The Morgan fingerprint density at radius 1 is 1.79 bits per heavy atom. The van der Waals surface area contributed by atoms with Crippen molar-refractivity contribution in [3.05, 3.63) is 9.48 Å². The standard InChI is InChI=1S/C6H6BrN4O2S/c1-13-11-3(5(8)12)2-4(7)14-6(9)10-2/h8H,1H3,(H2,9,10)/b11-3+. The van der Waals surface area contributed by atoms with Gasteiger partial charge in [0.05, 0.1) is 0 Å². The topological polar surface area (TPSA) is 101 Å². The second-order valence-corrected chi connectivity index (χ2v) is 4.47. The van der Waals surface area contributed by atoms with Gasteiger partial charge in [-0.15, -0.1) is 0 Å². The number of nitrogen functional groups attached to an aromatic ring is 1. The molecule has 1 amide bonds. The molecule has 0 aliphatic carbocycles. The van der Waals surface area contributed by atoms with E-state index in [0.717, 1.165) is 11.3 Å². The van der Waals surface area contributed by atoms with Gasteiger partial charge in [-0.25, -0.2) is 4.98 Å². The van der Waals surface area contributed by atoms with E-state index in [9.17, 15) is 4.79 Å². The van der Waals surface area contributed by atoms with Crippen LogP contribution in [0.3, 0.4) is 0 Å². The minimum Gasteiger partial charge on any atom is -0.398 e. The van der Waals surface area contributed by atoms with E-state index in [1.165, 1.54) is 7.11 Å². The number of carbonyl (C=O) groups excluding carboxylic acids is 1. The fraction of sp³-hybridized carbons (Fsp3) is 0.167. The Morgan fingerprint density at radius 2 is 2.43 bits per heavy atom. The Morgan fingerprint density at radius 3 is 2.79 bits per heavy atom. The third kappa shape index (κ3) is 2.20. The molecule has 0 bridgehead atoms. The molecule has 1 aromatic rings. The number of hydrogen-bond donors (Lipinski definition) is 1. The molecule has 0 saturated heterocycles. The lowest BCUT2D eigenvalue weighted by atomic mass is 10.3. The molecule has 75 valence electrons. The summed E-state index contributed by atoms with van der Waals surface area (Å²) in [5.74, 6) is -0.974. The number of anilines is 1. The van der Waals surface area contributed by atoms with E-state index in [1.807, 2.05) is 0 Å². The lowest BCUT2D eigenvalue weighted by Gasteiger charge is -1.96. The molecule has 3 N–H and O–H groups in total. The van der Waals surface area contributed by atoms with Crippen molar-refractivity contribution in [2.24, 2.45) is 5.16 Å². The van der Waals surface area contributed by atoms with Crippen molar-refractivity contribution in [1.29, 1.82) is 0 Å². The maximum atomic E-state index is 10.9. The van der Waals surface area contributed by atoms with E-state index < -0.39 is 5.91 Å². The predicted molar refractivity (Wildman–Crippen MR) is 55.9 cm³/mol. The zero-order chi connectivity index (χ0) is 10.7. The van der Waals surface area contributed by atoms with Crippen LogP contribution < -0.4 is 11.5 Å². The first-order chi connectivity index (χ1) is 6.56. The van der Waals surface area contributed by atoms with Gasteiger partial charge in [-0.3, -0.25) is 10.5 Å². The molecule has 0 atom stereocenters. The van der Waals surface area contributed by atoms with Crippen molar-refractivity contribution in [2.45, 2.75) is 0 Å². The minimum atomic E-state index is -0.974. The summed E-state index contributed by atoms with van der Waals surface area (Å²) < 4.78 is 0.548. The van der Waals surface area contributed by atoms with Gasteiger partial charge >= 0.3 is 0 Å². The van der Waals surface area contributed by atoms with E-state index in [0.29, 0.717) is 3.79 Å². The van der Waals surface area contributed by atoms with Crippen molar-refractivity contribution >= 4 is 44.0 Å². The number of nitrogens with two attached hydrogens (primary N) is 1. The molecular weight excluding hydrogens is 272 g/mol. The molecule has 1 heterocycles. The van der Waals surface area contributed by atoms with Gasteiger partial charge in [-0.1, -0.05) is 16.5 Å². The van der Waals surface area contributed by atoms with E-state index in [4.69, 9.17) is 11.5 Å². The molecule has 1 aromatic heterocycles. The quantitative estimate of drug-likeness (QED) is 0.647. The van der Waals surface area contributed by atoms with Crippen molar-refractivity contribution in [3.63, 3.8) is 0 Å². The summed E-state index contributed by atoms with van der Waals surface area (Å²) >= 11 is 4.31. The number of nitrogens with one attached hydrogen (secondary N) is 1. The van der Waals surface area contributed by atoms with Gasteiger partial charge in [0.15, 0.2) is 10.8 Å². The van der Waals surface area contributed by atoms with Crippen LogP contribution in [0, 0.1) is 0 Å². The molecule has 0 unspecified atom stereocenters. The van der Waals surface area contributed by atoms with Gasteiger partial charge < -0.3 is 10.6 Å². The summed E-state index contributed by atoms with van der Waals surface area (Å²) in [7, 11) is 1.28. The molecule has 0 aromatic carbocycles. The monoisotopic (exact) mass is 277 g/mol. The van der Waals surface area contributed by atoms with Gasteiger partial charge in [0.25, 0.3) is 5.91 Å². The summed E-state index contributed by atoms with van der Waals surface area (Å²) in [5, 5.41) is 3.70. The molecule has 0 saturated carbocycles. The normalized spacial score (nSPS) is 11.4. The minimum absolute atomic E-state index is 0.174. The van der Waals surface area contributed by atoms with Crippen LogP contribution >= 0.6 is 27.3 Å². The van der Waals surface area contributed by atoms with Gasteiger partial charge in [0, 0.05) is 0 Å². The summed E-state index contributed by atoms with van der Waals surface area (Å²) in [6, 6.07) is 0. The number of aromatic nitrogens is 1. The lowest BCUT2D eigenvalue weighted by Crippen LogP contribution is -2.17. The van der Waals surface area contributed by atoms with Crippen LogP contribution in [0.15, 0.2) is 8.94 Å². The molecule has 1 rings (SSSR count). The zero-order valence-corrected chi connectivity index (χ0v) is 9.48. The van der Waals surface area contributed by atoms with Crippen LogP contribution in [0.1, 0.15) is 5.69 Å². The lowest BCUT2D eigenvalue weighted by molar-refractivity contribution is -0.112. The fourth-order valence-electron chi connectivity index (χ4n) is 0.747. The first-order valence-corrected chi connectivity index (χ1v) is 4.96. The third-order valence-corrected chi connectivity index (χ3v) is 2.76. The maximum absolute atomic E-state index is 10.9. The summed E-state index contributed by atoms with van der Waals surface area (Å²) in [5.41, 5.74) is 12.4. The summed E-state index contributed by atoms with van der Waals surface area (Å²) in [6.45, 7) is 0. The highest BCUT2D eigenvalue weighted by Crippen LogP contribution is 2.26. The van der Waals surface area contributed by atoms with Crippen LogP contribution in [0.25, 0.3) is 0 Å². The number of thiazole rings is 1. The molecule has 0 aliphatic heterocycles. The van der Waals surface area contributed by atoms with Crippen molar-refractivity contribution in [3.8, 4) is 0 Å². The molecule has 0 spiro atoms. The highest BCUT2D eigenvalue weighted by Gasteiger charge is 2.19. The van der Waals surface area contributed by atoms with Crippen LogP contribution in [-0.4, -0.2) is 23.7 Å².